The van der Waals surface area contributed by atoms with E-state index in [2.05, 4.69) is 9.72 Å². The molecule has 0 aliphatic rings. The zero-order chi connectivity index (χ0) is 14.4. The lowest BCUT2D eigenvalue weighted by atomic mass is 10.0. The molecule has 0 radical (unpaired) electrons. The molecule has 5 heteroatoms. The average Bonchev–Trinajstić information content (AvgIpc) is 2.45. The third-order valence-corrected chi connectivity index (χ3v) is 3.38. The summed E-state index contributed by atoms with van der Waals surface area (Å²) in [7, 11) is 1.08. The van der Waals surface area contributed by atoms with E-state index in [-0.39, 0.29) is 10.9 Å². The lowest BCUT2D eigenvalue weighted by Crippen LogP contribution is -2.01. The second kappa shape index (κ2) is 4.37. The summed E-state index contributed by atoms with van der Waals surface area (Å²) in [6.45, 7) is 1.61. The average molecular weight is 277 g/mol. The van der Waals surface area contributed by atoms with Crippen LogP contribution in [0.4, 0.5) is 13.2 Å². The Hall–Kier alpha value is -2.30. The number of rotatable bonds is 1. The highest BCUT2D eigenvalue weighted by molar-refractivity contribution is 5.98. The molecule has 102 valence electrons. The Labute approximate surface area is 112 Å². The number of aryl methyl sites for hydroxylation is 1. The van der Waals surface area contributed by atoms with E-state index in [0.717, 1.165) is 7.11 Å². The van der Waals surface area contributed by atoms with Crippen LogP contribution in [0.2, 0.25) is 0 Å². The van der Waals surface area contributed by atoms with E-state index < -0.39 is 23.2 Å². The van der Waals surface area contributed by atoms with E-state index in [9.17, 15) is 13.2 Å². The molecule has 1 aromatic heterocycles. The Kier molecular flexibility index (Phi) is 2.78. The van der Waals surface area contributed by atoms with Crippen LogP contribution in [0.5, 0.6) is 5.75 Å². The maximum Gasteiger partial charge on any atom is 0.204 e. The van der Waals surface area contributed by atoms with Crippen molar-refractivity contribution in [2.45, 2.75) is 6.92 Å². The van der Waals surface area contributed by atoms with Crippen LogP contribution < -0.4 is 4.74 Å². The fourth-order valence-electron chi connectivity index (χ4n) is 2.40. The van der Waals surface area contributed by atoms with Gasteiger partial charge in [-0.2, -0.15) is 4.39 Å². The third-order valence-electron chi connectivity index (χ3n) is 3.38. The second-order valence-electron chi connectivity index (χ2n) is 4.45. The van der Waals surface area contributed by atoms with Gasteiger partial charge in [0.1, 0.15) is 5.52 Å². The van der Waals surface area contributed by atoms with Crippen molar-refractivity contribution in [2.75, 3.05) is 7.11 Å². The molecule has 0 bridgehead atoms. The molecule has 0 saturated heterocycles. The molecule has 2 aromatic carbocycles. The van der Waals surface area contributed by atoms with Crippen molar-refractivity contribution in [3.8, 4) is 5.75 Å². The van der Waals surface area contributed by atoms with Crippen molar-refractivity contribution >= 4 is 21.8 Å². The number of nitrogens with zero attached hydrogens (tertiary/aromatic N) is 1. The maximum atomic E-state index is 14.2. The quantitative estimate of drug-likeness (QED) is 0.493. The van der Waals surface area contributed by atoms with Crippen molar-refractivity contribution in [3.05, 3.63) is 47.3 Å². The van der Waals surface area contributed by atoms with Gasteiger partial charge in [0.2, 0.25) is 5.82 Å². The Balaban J connectivity index is 2.62. The van der Waals surface area contributed by atoms with E-state index in [4.69, 9.17) is 0 Å². The number of benzene rings is 2. The Morgan fingerprint density at radius 2 is 1.70 bits per heavy atom. The fourth-order valence-corrected chi connectivity index (χ4v) is 2.40. The van der Waals surface area contributed by atoms with Crippen LogP contribution in [0.25, 0.3) is 21.8 Å². The monoisotopic (exact) mass is 277 g/mol. The molecule has 3 rings (SSSR count). The molecule has 0 unspecified atom stereocenters. The van der Waals surface area contributed by atoms with Crippen LogP contribution in [0, 0.1) is 24.4 Å². The molecule has 0 atom stereocenters. The number of ether oxygens (including phenoxy) is 1. The van der Waals surface area contributed by atoms with Gasteiger partial charge >= 0.3 is 0 Å². The standard InChI is InChI=1S/C15H10F3NO/c1-7-8-5-3-4-6-9(8)19-14-10(7)11(16)12(17)15(20-2)13(14)18/h3-6H,1-2H3. The number of pyridine rings is 1. The minimum atomic E-state index is -1.34. The van der Waals surface area contributed by atoms with E-state index in [1.54, 1.807) is 31.2 Å². The Bertz CT molecular complexity index is 846. The van der Waals surface area contributed by atoms with Crippen LogP contribution in [0.3, 0.4) is 0 Å². The summed E-state index contributed by atoms with van der Waals surface area (Å²) in [5.41, 5.74) is 0.741. The predicted octanol–water partition coefficient (Wildman–Crippen LogP) is 4.12. The molecule has 1 heterocycles. The van der Waals surface area contributed by atoms with E-state index in [1.165, 1.54) is 0 Å². The first kappa shape index (κ1) is 12.7. The summed E-state index contributed by atoms with van der Waals surface area (Å²) in [5, 5.41) is 0.502. The summed E-state index contributed by atoms with van der Waals surface area (Å²) in [6.07, 6.45) is 0. The van der Waals surface area contributed by atoms with Gasteiger partial charge in [-0.25, -0.2) is 13.8 Å². The molecule has 0 amide bonds. The molecule has 0 N–H and O–H groups in total. The number of aromatic nitrogens is 1. The van der Waals surface area contributed by atoms with Crippen LogP contribution >= 0.6 is 0 Å². The van der Waals surface area contributed by atoms with Crippen LogP contribution in [0.15, 0.2) is 24.3 Å². The van der Waals surface area contributed by atoms with Crippen molar-refractivity contribution < 1.29 is 17.9 Å². The molecular formula is C15H10F3NO. The first-order chi connectivity index (χ1) is 9.56. The molecule has 0 fully saturated rings. The third kappa shape index (κ3) is 1.56. The zero-order valence-corrected chi connectivity index (χ0v) is 10.8. The van der Waals surface area contributed by atoms with Crippen molar-refractivity contribution in [1.82, 2.24) is 4.98 Å². The molecular weight excluding hydrogens is 267 g/mol. The van der Waals surface area contributed by atoms with Gasteiger partial charge in [0, 0.05) is 10.8 Å². The lowest BCUT2D eigenvalue weighted by molar-refractivity contribution is 0.350. The second-order valence-corrected chi connectivity index (χ2v) is 4.45. The van der Waals surface area contributed by atoms with Crippen molar-refractivity contribution in [1.29, 1.82) is 0 Å². The molecule has 20 heavy (non-hydrogen) atoms. The highest BCUT2D eigenvalue weighted by Crippen LogP contribution is 2.35. The number of halogens is 3. The topological polar surface area (TPSA) is 22.1 Å². The SMILES string of the molecule is COc1c(F)c(F)c2c(C)c3ccccc3nc2c1F. The van der Waals surface area contributed by atoms with Crippen molar-refractivity contribution in [2.24, 2.45) is 0 Å². The van der Waals surface area contributed by atoms with Crippen LogP contribution in [0.1, 0.15) is 5.56 Å². The molecule has 2 nitrogen and oxygen atoms in total. The number of para-hydroxylation sites is 1. The minimum Gasteiger partial charge on any atom is -0.491 e. The normalized spacial score (nSPS) is 11.2. The first-order valence-corrected chi connectivity index (χ1v) is 5.95. The first-order valence-electron chi connectivity index (χ1n) is 5.95. The number of fused-ring (bicyclic) bond motifs is 2. The molecule has 3 aromatic rings. The number of hydrogen-bond donors (Lipinski definition) is 0. The van der Waals surface area contributed by atoms with Gasteiger partial charge in [-0.05, 0) is 18.6 Å². The fraction of sp³-hybridized carbons (Fsp3) is 0.133. The molecule has 0 aliphatic carbocycles. The Morgan fingerprint density at radius 1 is 1.00 bits per heavy atom. The Morgan fingerprint density at radius 3 is 2.40 bits per heavy atom. The minimum absolute atomic E-state index is 0.153. The van der Waals surface area contributed by atoms with Gasteiger partial charge in [0.05, 0.1) is 12.6 Å². The van der Waals surface area contributed by atoms with Gasteiger partial charge in [0.25, 0.3) is 0 Å². The number of methoxy groups -OCH3 is 1. The summed E-state index contributed by atoms with van der Waals surface area (Å²) in [6, 6.07) is 6.93. The van der Waals surface area contributed by atoms with E-state index in [1.807, 2.05) is 0 Å². The van der Waals surface area contributed by atoms with Gasteiger partial charge in [-0.15, -0.1) is 0 Å². The summed E-state index contributed by atoms with van der Waals surface area (Å²) >= 11 is 0. The van der Waals surface area contributed by atoms with E-state index >= 15 is 0 Å². The smallest absolute Gasteiger partial charge is 0.204 e. The maximum absolute atomic E-state index is 14.2. The van der Waals surface area contributed by atoms with Crippen LogP contribution in [-0.4, -0.2) is 12.1 Å². The van der Waals surface area contributed by atoms with Gasteiger partial charge < -0.3 is 4.74 Å². The lowest BCUT2D eigenvalue weighted by Gasteiger charge is -2.12. The zero-order valence-electron chi connectivity index (χ0n) is 10.8. The highest BCUT2D eigenvalue weighted by Gasteiger charge is 2.24. The predicted molar refractivity (Wildman–Crippen MR) is 70.4 cm³/mol. The highest BCUT2D eigenvalue weighted by atomic mass is 19.2. The van der Waals surface area contributed by atoms with E-state index in [0.29, 0.717) is 16.5 Å². The molecule has 0 aliphatic heterocycles. The summed E-state index contributed by atoms with van der Waals surface area (Å²) in [5.74, 6) is -4.22. The van der Waals surface area contributed by atoms with Crippen LogP contribution in [-0.2, 0) is 0 Å². The number of hydrogen-bond acceptors (Lipinski definition) is 2. The molecule has 0 spiro atoms. The van der Waals surface area contributed by atoms with Gasteiger partial charge in [0.15, 0.2) is 17.4 Å². The van der Waals surface area contributed by atoms with Gasteiger partial charge in [-0.1, -0.05) is 18.2 Å². The summed E-state index contributed by atoms with van der Waals surface area (Å²) < 4.78 is 46.8. The largest absolute Gasteiger partial charge is 0.491 e. The summed E-state index contributed by atoms with van der Waals surface area (Å²) in [4.78, 5) is 4.09. The van der Waals surface area contributed by atoms with Gasteiger partial charge in [-0.3, -0.25) is 0 Å². The molecule has 0 saturated carbocycles. The van der Waals surface area contributed by atoms with Crippen molar-refractivity contribution in [3.63, 3.8) is 0 Å².